The zero-order chi connectivity index (χ0) is 11.5. The van der Waals surface area contributed by atoms with Crippen molar-refractivity contribution < 1.29 is 4.42 Å². The minimum Gasteiger partial charge on any atom is -0.424 e. The summed E-state index contributed by atoms with van der Waals surface area (Å²) >= 11 is 0. The minimum absolute atomic E-state index is 0.188. The van der Waals surface area contributed by atoms with Crippen molar-refractivity contribution in [1.29, 1.82) is 0 Å². The van der Waals surface area contributed by atoms with E-state index in [1.165, 1.54) is 0 Å². The van der Waals surface area contributed by atoms with Crippen molar-refractivity contribution in [2.45, 2.75) is 19.9 Å². The van der Waals surface area contributed by atoms with Gasteiger partial charge in [-0.3, -0.25) is 0 Å². The molecule has 4 heteroatoms. The van der Waals surface area contributed by atoms with Crippen molar-refractivity contribution in [2.24, 2.45) is 11.7 Å². The summed E-state index contributed by atoms with van der Waals surface area (Å²) in [4.78, 5) is 4.35. The maximum absolute atomic E-state index is 5.68. The Labute approximate surface area is 94.8 Å². The van der Waals surface area contributed by atoms with E-state index in [4.69, 9.17) is 10.2 Å². The fourth-order valence-corrected chi connectivity index (χ4v) is 1.59. The smallest absolute Gasteiger partial charge is 0.295 e. The van der Waals surface area contributed by atoms with E-state index < -0.39 is 0 Å². The molecule has 1 heterocycles. The van der Waals surface area contributed by atoms with Crippen LogP contribution in [-0.4, -0.2) is 17.6 Å². The predicted molar refractivity (Wildman–Crippen MR) is 65.3 cm³/mol. The molecule has 0 bridgehead atoms. The molecule has 0 saturated heterocycles. The Bertz CT molecular complexity index is 431. The summed E-state index contributed by atoms with van der Waals surface area (Å²) in [7, 11) is 0. The zero-order valence-electron chi connectivity index (χ0n) is 9.60. The molecule has 0 aliphatic heterocycles. The molecule has 0 spiro atoms. The second kappa shape index (κ2) is 4.53. The average Bonchev–Trinajstić information content (AvgIpc) is 2.67. The van der Waals surface area contributed by atoms with Crippen molar-refractivity contribution in [3.05, 3.63) is 24.3 Å². The molecule has 86 valence electrons. The Morgan fingerprint density at radius 3 is 2.75 bits per heavy atom. The number of benzene rings is 1. The van der Waals surface area contributed by atoms with Crippen LogP contribution in [0.2, 0.25) is 0 Å². The Morgan fingerprint density at radius 2 is 2.12 bits per heavy atom. The van der Waals surface area contributed by atoms with E-state index in [0.29, 0.717) is 18.5 Å². The standard InChI is InChI=1S/C12H17N3O/c1-8(2)10(7-13)15-12-14-9-5-3-4-6-11(9)16-12/h3-6,8,10H,7,13H2,1-2H3,(H,14,15). The average molecular weight is 219 g/mol. The third-order valence-electron chi connectivity index (χ3n) is 2.66. The van der Waals surface area contributed by atoms with Crippen LogP contribution in [0.15, 0.2) is 28.7 Å². The molecule has 0 saturated carbocycles. The number of fused-ring (bicyclic) bond motifs is 1. The van der Waals surface area contributed by atoms with Crippen molar-refractivity contribution in [2.75, 3.05) is 11.9 Å². The molecule has 0 aliphatic carbocycles. The molecular weight excluding hydrogens is 202 g/mol. The summed E-state index contributed by atoms with van der Waals surface area (Å²) < 4.78 is 5.57. The highest BCUT2D eigenvalue weighted by Gasteiger charge is 2.14. The number of oxazole rings is 1. The zero-order valence-corrected chi connectivity index (χ0v) is 9.60. The maximum Gasteiger partial charge on any atom is 0.295 e. The molecule has 1 unspecified atom stereocenters. The summed E-state index contributed by atoms with van der Waals surface area (Å²) in [6.07, 6.45) is 0. The first-order valence-corrected chi connectivity index (χ1v) is 5.53. The first-order valence-electron chi connectivity index (χ1n) is 5.53. The van der Waals surface area contributed by atoms with E-state index >= 15 is 0 Å². The first kappa shape index (κ1) is 11.0. The lowest BCUT2D eigenvalue weighted by atomic mass is 10.1. The molecule has 2 rings (SSSR count). The van der Waals surface area contributed by atoms with Crippen LogP contribution in [0.5, 0.6) is 0 Å². The fourth-order valence-electron chi connectivity index (χ4n) is 1.59. The molecule has 3 N–H and O–H groups in total. The molecule has 0 radical (unpaired) electrons. The van der Waals surface area contributed by atoms with Gasteiger partial charge in [0.1, 0.15) is 5.52 Å². The van der Waals surface area contributed by atoms with Crippen LogP contribution in [0.3, 0.4) is 0 Å². The van der Waals surface area contributed by atoms with Crippen LogP contribution in [0.1, 0.15) is 13.8 Å². The van der Waals surface area contributed by atoms with Crippen molar-refractivity contribution in [3.8, 4) is 0 Å². The van der Waals surface area contributed by atoms with Gasteiger partial charge in [-0.15, -0.1) is 0 Å². The molecule has 2 aromatic rings. The highest BCUT2D eigenvalue weighted by atomic mass is 16.4. The molecule has 1 atom stereocenters. The Kier molecular flexibility index (Phi) is 3.10. The van der Waals surface area contributed by atoms with Crippen LogP contribution in [-0.2, 0) is 0 Å². The number of hydrogen-bond donors (Lipinski definition) is 2. The highest BCUT2D eigenvalue weighted by Crippen LogP contribution is 2.19. The van der Waals surface area contributed by atoms with Crippen LogP contribution in [0.25, 0.3) is 11.1 Å². The van der Waals surface area contributed by atoms with Crippen molar-refractivity contribution in [1.82, 2.24) is 4.98 Å². The van der Waals surface area contributed by atoms with E-state index in [1.54, 1.807) is 0 Å². The van der Waals surface area contributed by atoms with Gasteiger partial charge >= 0.3 is 0 Å². The SMILES string of the molecule is CC(C)C(CN)Nc1nc2ccccc2o1. The summed E-state index contributed by atoms with van der Waals surface area (Å²) in [5.74, 6) is 0.444. The van der Waals surface area contributed by atoms with Gasteiger partial charge in [0, 0.05) is 12.6 Å². The third-order valence-corrected chi connectivity index (χ3v) is 2.66. The quantitative estimate of drug-likeness (QED) is 0.827. The topological polar surface area (TPSA) is 64.1 Å². The summed E-state index contributed by atoms with van der Waals surface area (Å²) in [5, 5.41) is 3.21. The first-order chi connectivity index (χ1) is 7.70. The van der Waals surface area contributed by atoms with E-state index in [-0.39, 0.29) is 6.04 Å². The number of anilines is 1. The normalized spacial score (nSPS) is 13.2. The monoisotopic (exact) mass is 219 g/mol. The molecule has 0 aliphatic rings. The van der Waals surface area contributed by atoms with Crippen molar-refractivity contribution in [3.63, 3.8) is 0 Å². The number of aromatic nitrogens is 1. The maximum atomic E-state index is 5.68. The van der Waals surface area contributed by atoms with Gasteiger partial charge in [-0.1, -0.05) is 26.0 Å². The van der Waals surface area contributed by atoms with Crippen LogP contribution >= 0.6 is 0 Å². The number of hydrogen-bond acceptors (Lipinski definition) is 4. The lowest BCUT2D eigenvalue weighted by Crippen LogP contribution is -2.33. The summed E-state index contributed by atoms with van der Waals surface area (Å²) in [5.41, 5.74) is 7.34. The number of nitrogens with one attached hydrogen (secondary N) is 1. The van der Waals surface area contributed by atoms with Gasteiger partial charge in [-0.25, -0.2) is 0 Å². The Hall–Kier alpha value is -1.55. The van der Waals surface area contributed by atoms with Gasteiger partial charge in [0.15, 0.2) is 5.58 Å². The van der Waals surface area contributed by atoms with E-state index in [1.807, 2.05) is 24.3 Å². The fraction of sp³-hybridized carbons (Fsp3) is 0.417. The van der Waals surface area contributed by atoms with Gasteiger partial charge in [0.05, 0.1) is 0 Å². The number of para-hydroxylation sites is 2. The minimum atomic E-state index is 0.188. The third kappa shape index (κ3) is 2.17. The van der Waals surface area contributed by atoms with Gasteiger partial charge in [-0.2, -0.15) is 4.98 Å². The second-order valence-corrected chi connectivity index (χ2v) is 4.22. The molecular formula is C12H17N3O. The van der Waals surface area contributed by atoms with E-state index in [0.717, 1.165) is 11.1 Å². The van der Waals surface area contributed by atoms with Crippen LogP contribution in [0.4, 0.5) is 6.01 Å². The number of nitrogens with two attached hydrogens (primary N) is 1. The number of rotatable bonds is 4. The van der Waals surface area contributed by atoms with E-state index in [2.05, 4.69) is 24.1 Å². The lowest BCUT2D eigenvalue weighted by Gasteiger charge is -2.18. The van der Waals surface area contributed by atoms with Gasteiger partial charge < -0.3 is 15.5 Å². The van der Waals surface area contributed by atoms with Crippen LogP contribution < -0.4 is 11.1 Å². The van der Waals surface area contributed by atoms with Crippen LogP contribution in [0, 0.1) is 5.92 Å². The molecule has 4 nitrogen and oxygen atoms in total. The van der Waals surface area contributed by atoms with Crippen molar-refractivity contribution >= 4 is 17.1 Å². The molecule has 1 aromatic carbocycles. The summed E-state index contributed by atoms with van der Waals surface area (Å²) in [6.45, 7) is 4.80. The van der Waals surface area contributed by atoms with Gasteiger partial charge in [0.2, 0.25) is 0 Å². The predicted octanol–water partition coefficient (Wildman–Crippen LogP) is 2.22. The summed E-state index contributed by atoms with van der Waals surface area (Å²) in [6, 6.07) is 8.44. The molecule has 0 fully saturated rings. The highest BCUT2D eigenvalue weighted by molar-refractivity contribution is 5.74. The second-order valence-electron chi connectivity index (χ2n) is 4.22. The number of nitrogens with zero attached hydrogens (tertiary/aromatic N) is 1. The lowest BCUT2D eigenvalue weighted by molar-refractivity contribution is 0.506. The van der Waals surface area contributed by atoms with E-state index in [9.17, 15) is 0 Å². The molecule has 16 heavy (non-hydrogen) atoms. The van der Waals surface area contributed by atoms with Gasteiger partial charge in [0.25, 0.3) is 6.01 Å². The largest absolute Gasteiger partial charge is 0.424 e. The molecule has 0 amide bonds. The Balaban J connectivity index is 2.20. The van der Waals surface area contributed by atoms with Gasteiger partial charge in [-0.05, 0) is 18.1 Å². The molecule has 1 aromatic heterocycles. The Morgan fingerprint density at radius 1 is 1.38 bits per heavy atom.